The summed E-state index contributed by atoms with van der Waals surface area (Å²) in [6.07, 6.45) is 3.29. The number of hydrogen-bond donors (Lipinski definition) is 1. The van der Waals surface area contributed by atoms with Crippen LogP contribution in [0.15, 0.2) is 22.9 Å². The predicted molar refractivity (Wildman–Crippen MR) is 46.6 cm³/mol. The third kappa shape index (κ3) is 1.33. The molecular formula is C8H10N4O. The number of aromatic nitrogens is 3. The summed E-state index contributed by atoms with van der Waals surface area (Å²) in [6.45, 7) is 0.481. The Hall–Kier alpha value is -1.62. The van der Waals surface area contributed by atoms with Gasteiger partial charge in [0.15, 0.2) is 5.76 Å². The zero-order chi connectivity index (χ0) is 9.26. The maximum Gasteiger partial charge on any atom is 0.153 e. The zero-order valence-electron chi connectivity index (χ0n) is 7.27. The molecule has 0 radical (unpaired) electrons. The van der Waals surface area contributed by atoms with Gasteiger partial charge in [-0.1, -0.05) is 5.21 Å². The highest BCUT2D eigenvalue weighted by Crippen LogP contribution is 2.19. The third-order valence-corrected chi connectivity index (χ3v) is 1.86. The van der Waals surface area contributed by atoms with Gasteiger partial charge in [-0.25, -0.2) is 4.68 Å². The standard InChI is InChI=1S/C8H10N4O/c1-12-7(4-10-11-12)8-2-6(3-9)5-13-8/h2,4-5H,3,9H2,1H3. The number of nitrogens with zero attached hydrogens (tertiary/aromatic N) is 3. The lowest BCUT2D eigenvalue weighted by atomic mass is 10.3. The van der Waals surface area contributed by atoms with Crippen LogP contribution in [-0.4, -0.2) is 15.0 Å². The number of hydrogen-bond acceptors (Lipinski definition) is 4. The molecule has 5 nitrogen and oxygen atoms in total. The first kappa shape index (κ1) is 8.00. The van der Waals surface area contributed by atoms with E-state index in [1.807, 2.05) is 13.1 Å². The maximum absolute atomic E-state index is 5.46. The molecule has 0 aliphatic carbocycles. The Balaban J connectivity index is 2.41. The normalized spacial score (nSPS) is 10.6. The van der Waals surface area contributed by atoms with E-state index in [1.165, 1.54) is 0 Å². The second-order valence-corrected chi connectivity index (χ2v) is 2.77. The van der Waals surface area contributed by atoms with Gasteiger partial charge in [0, 0.05) is 19.2 Å². The topological polar surface area (TPSA) is 69.9 Å². The monoisotopic (exact) mass is 178 g/mol. The van der Waals surface area contributed by atoms with Gasteiger partial charge in [-0.2, -0.15) is 0 Å². The molecule has 0 saturated carbocycles. The molecule has 0 saturated heterocycles. The second-order valence-electron chi connectivity index (χ2n) is 2.77. The Morgan fingerprint density at radius 1 is 1.62 bits per heavy atom. The molecule has 2 rings (SSSR count). The van der Waals surface area contributed by atoms with E-state index in [2.05, 4.69) is 10.3 Å². The summed E-state index contributed by atoms with van der Waals surface area (Å²) < 4.78 is 6.95. The fourth-order valence-electron chi connectivity index (χ4n) is 1.13. The van der Waals surface area contributed by atoms with Gasteiger partial charge < -0.3 is 10.2 Å². The van der Waals surface area contributed by atoms with Crippen molar-refractivity contribution >= 4 is 0 Å². The second kappa shape index (κ2) is 3.02. The molecule has 68 valence electrons. The first-order chi connectivity index (χ1) is 6.31. The van der Waals surface area contributed by atoms with Gasteiger partial charge >= 0.3 is 0 Å². The van der Waals surface area contributed by atoms with Crippen molar-refractivity contribution in [1.82, 2.24) is 15.0 Å². The molecule has 0 bridgehead atoms. The smallest absolute Gasteiger partial charge is 0.153 e. The molecule has 2 aromatic rings. The van der Waals surface area contributed by atoms with Crippen molar-refractivity contribution in [3.8, 4) is 11.5 Å². The number of aryl methyl sites for hydroxylation is 1. The minimum Gasteiger partial charge on any atom is -0.462 e. The van der Waals surface area contributed by atoms with E-state index in [-0.39, 0.29) is 0 Å². The summed E-state index contributed by atoms with van der Waals surface area (Å²) in [7, 11) is 1.81. The quantitative estimate of drug-likeness (QED) is 0.728. The van der Waals surface area contributed by atoms with Crippen molar-refractivity contribution in [3.63, 3.8) is 0 Å². The van der Waals surface area contributed by atoms with Crippen LogP contribution in [-0.2, 0) is 13.6 Å². The molecule has 0 atom stereocenters. The van der Waals surface area contributed by atoms with Gasteiger partial charge in [0.05, 0.1) is 12.5 Å². The molecule has 0 unspecified atom stereocenters. The van der Waals surface area contributed by atoms with Crippen LogP contribution in [0.4, 0.5) is 0 Å². The first-order valence-electron chi connectivity index (χ1n) is 3.94. The highest BCUT2D eigenvalue weighted by atomic mass is 16.3. The van der Waals surface area contributed by atoms with Crippen molar-refractivity contribution in [3.05, 3.63) is 24.1 Å². The van der Waals surface area contributed by atoms with Crippen LogP contribution in [0.5, 0.6) is 0 Å². The highest BCUT2D eigenvalue weighted by Gasteiger charge is 2.07. The molecule has 2 N–H and O–H groups in total. The van der Waals surface area contributed by atoms with Gasteiger partial charge in [-0.3, -0.25) is 0 Å². The van der Waals surface area contributed by atoms with E-state index < -0.39 is 0 Å². The summed E-state index contributed by atoms with van der Waals surface area (Å²) in [5.41, 5.74) is 7.27. The van der Waals surface area contributed by atoms with E-state index >= 15 is 0 Å². The SMILES string of the molecule is Cn1nncc1-c1cc(CN)co1. The lowest BCUT2D eigenvalue weighted by molar-refractivity contribution is 0.569. The summed E-state index contributed by atoms with van der Waals surface area (Å²) in [4.78, 5) is 0. The molecule has 2 aromatic heterocycles. The van der Waals surface area contributed by atoms with E-state index in [1.54, 1.807) is 17.1 Å². The van der Waals surface area contributed by atoms with Crippen LogP contribution < -0.4 is 5.73 Å². The minimum atomic E-state index is 0.481. The Morgan fingerprint density at radius 3 is 3.00 bits per heavy atom. The molecule has 5 heteroatoms. The lowest BCUT2D eigenvalue weighted by Gasteiger charge is -1.93. The molecule has 0 aromatic carbocycles. The van der Waals surface area contributed by atoms with Gasteiger partial charge in [0.1, 0.15) is 5.69 Å². The minimum absolute atomic E-state index is 0.481. The first-order valence-corrected chi connectivity index (χ1v) is 3.94. The number of nitrogens with two attached hydrogens (primary N) is 1. The van der Waals surface area contributed by atoms with Gasteiger partial charge in [-0.15, -0.1) is 5.10 Å². The molecular weight excluding hydrogens is 168 g/mol. The van der Waals surface area contributed by atoms with E-state index in [0.717, 1.165) is 17.0 Å². The van der Waals surface area contributed by atoms with Gasteiger partial charge in [0.25, 0.3) is 0 Å². The van der Waals surface area contributed by atoms with Crippen LogP contribution in [0.2, 0.25) is 0 Å². The molecule has 0 fully saturated rings. The van der Waals surface area contributed by atoms with Crippen molar-refractivity contribution in [2.24, 2.45) is 12.8 Å². The van der Waals surface area contributed by atoms with Crippen LogP contribution in [0, 0.1) is 0 Å². The Kier molecular flexibility index (Phi) is 1.86. The molecule has 0 amide bonds. The van der Waals surface area contributed by atoms with Crippen molar-refractivity contribution < 1.29 is 4.42 Å². The number of rotatable bonds is 2. The molecule has 0 aliphatic heterocycles. The molecule has 0 aliphatic rings. The van der Waals surface area contributed by atoms with E-state index in [4.69, 9.17) is 10.2 Å². The van der Waals surface area contributed by atoms with Crippen molar-refractivity contribution in [2.75, 3.05) is 0 Å². The average Bonchev–Trinajstić information content (AvgIpc) is 2.71. The average molecular weight is 178 g/mol. The Labute approximate surface area is 75.1 Å². The van der Waals surface area contributed by atoms with E-state index in [9.17, 15) is 0 Å². The fourth-order valence-corrected chi connectivity index (χ4v) is 1.13. The Bertz CT molecular complexity index is 404. The lowest BCUT2D eigenvalue weighted by Crippen LogP contribution is -1.94. The highest BCUT2D eigenvalue weighted by molar-refractivity contribution is 5.51. The predicted octanol–water partition coefficient (Wildman–Crippen LogP) is 0.534. The summed E-state index contributed by atoms with van der Waals surface area (Å²) in [5.74, 6) is 0.743. The third-order valence-electron chi connectivity index (χ3n) is 1.86. The van der Waals surface area contributed by atoms with Gasteiger partial charge in [-0.05, 0) is 6.07 Å². The Morgan fingerprint density at radius 2 is 2.46 bits per heavy atom. The zero-order valence-corrected chi connectivity index (χ0v) is 7.27. The summed E-state index contributed by atoms with van der Waals surface area (Å²) in [5, 5.41) is 7.56. The summed E-state index contributed by atoms with van der Waals surface area (Å²) in [6, 6.07) is 1.89. The van der Waals surface area contributed by atoms with Crippen LogP contribution >= 0.6 is 0 Å². The van der Waals surface area contributed by atoms with Crippen LogP contribution in [0.1, 0.15) is 5.56 Å². The fraction of sp³-hybridized carbons (Fsp3) is 0.250. The molecule has 13 heavy (non-hydrogen) atoms. The van der Waals surface area contributed by atoms with Gasteiger partial charge in [0.2, 0.25) is 0 Å². The van der Waals surface area contributed by atoms with Crippen LogP contribution in [0.3, 0.4) is 0 Å². The molecule has 2 heterocycles. The maximum atomic E-state index is 5.46. The van der Waals surface area contributed by atoms with Crippen molar-refractivity contribution in [2.45, 2.75) is 6.54 Å². The largest absolute Gasteiger partial charge is 0.462 e. The number of furan rings is 1. The van der Waals surface area contributed by atoms with Crippen LogP contribution in [0.25, 0.3) is 11.5 Å². The van der Waals surface area contributed by atoms with Crippen molar-refractivity contribution in [1.29, 1.82) is 0 Å². The van der Waals surface area contributed by atoms with E-state index in [0.29, 0.717) is 6.54 Å². The summed E-state index contributed by atoms with van der Waals surface area (Å²) >= 11 is 0. The molecule has 0 spiro atoms.